The van der Waals surface area contributed by atoms with Crippen LogP contribution >= 0.6 is 0 Å². The lowest BCUT2D eigenvalue weighted by atomic mass is 10.1. The van der Waals surface area contributed by atoms with Crippen LogP contribution in [0.2, 0.25) is 0 Å². The van der Waals surface area contributed by atoms with E-state index < -0.39 is 11.9 Å². The Morgan fingerprint density at radius 2 is 1.95 bits per heavy atom. The van der Waals surface area contributed by atoms with Crippen LogP contribution in [0.1, 0.15) is 38.8 Å². The standard InChI is InChI=1S/C12H20F3N5/c1-8(2)5-3-4-6-17-10-7-9(12(13,14)15)18-11(19-10)20-16/h7-8H,3-6,16H2,1-2H3,(H2,17,18,19,20). The van der Waals surface area contributed by atoms with E-state index >= 15 is 0 Å². The van der Waals surface area contributed by atoms with E-state index in [0.717, 1.165) is 25.3 Å². The van der Waals surface area contributed by atoms with Gasteiger partial charge in [0.2, 0.25) is 5.95 Å². The number of anilines is 2. The van der Waals surface area contributed by atoms with E-state index in [4.69, 9.17) is 5.84 Å². The van der Waals surface area contributed by atoms with Crippen LogP contribution in [0.3, 0.4) is 0 Å². The van der Waals surface area contributed by atoms with Gasteiger partial charge in [-0.15, -0.1) is 0 Å². The van der Waals surface area contributed by atoms with E-state index in [-0.39, 0.29) is 11.8 Å². The maximum atomic E-state index is 12.6. The summed E-state index contributed by atoms with van der Waals surface area (Å²) in [5.74, 6) is 5.55. The lowest BCUT2D eigenvalue weighted by molar-refractivity contribution is -0.141. The Balaban J connectivity index is 2.61. The molecule has 1 aromatic rings. The summed E-state index contributed by atoms with van der Waals surface area (Å²) in [6.07, 6.45) is -1.55. The highest BCUT2D eigenvalue weighted by molar-refractivity contribution is 5.42. The van der Waals surface area contributed by atoms with Gasteiger partial charge in [-0.2, -0.15) is 18.2 Å². The van der Waals surface area contributed by atoms with Gasteiger partial charge in [0.15, 0.2) is 5.69 Å². The molecule has 20 heavy (non-hydrogen) atoms. The Bertz CT molecular complexity index is 420. The van der Waals surface area contributed by atoms with Crippen LogP contribution in [0.25, 0.3) is 0 Å². The first-order valence-corrected chi connectivity index (χ1v) is 6.49. The molecular weight excluding hydrogens is 271 g/mol. The molecule has 0 aliphatic heterocycles. The third kappa shape index (κ3) is 5.60. The van der Waals surface area contributed by atoms with Gasteiger partial charge in [0.1, 0.15) is 5.82 Å². The van der Waals surface area contributed by atoms with Crippen LogP contribution in [0.15, 0.2) is 6.07 Å². The van der Waals surface area contributed by atoms with Crippen molar-refractivity contribution in [2.45, 2.75) is 39.3 Å². The number of nitrogens with two attached hydrogens (primary N) is 1. The van der Waals surface area contributed by atoms with Crippen molar-refractivity contribution in [3.8, 4) is 0 Å². The molecular formula is C12H20F3N5. The molecule has 0 amide bonds. The molecule has 0 fully saturated rings. The number of nitrogen functional groups attached to an aromatic ring is 1. The highest BCUT2D eigenvalue weighted by Gasteiger charge is 2.33. The smallest absolute Gasteiger partial charge is 0.370 e. The Hall–Kier alpha value is -1.57. The lowest BCUT2D eigenvalue weighted by Gasteiger charge is -2.11. The van der Waals surface area contributed by atoms with Gasteiger partial charge >= 0.3 is 6.18 Å². The van der Waals surface area contributed by atoms with Crippen molar-refractivity contribution in [3.63, 3.8) is 0 Å². The van der Waals surface area contributed by atoms with Crippen molar-refractivity contribution < 1.29 is 13.2 Å². The maximum absolute atomic E-state index is 12.6. The molecule has 0 aliphatic carbocycles. The van der Waals surface area contributed by atoms with E-state index in [2.05, 4.69) is 29.1 Å². The molecule has 0 saturated heterocycles. The van der Waals surface area contributed by atoms with Crippen LogP contribution in [-0.2, 0) is 6.18 Å². The SMILES string of the molecule is CC(C)CCCCNc1cc(C(F)(F)F)nc(NN)n1. The fraction of sp³-hybridized carbons (Fsp3) is 0.667. The summed E-state index contributed by atoms with van der Waals surface area (Å²) in [6.45, 7) is 4.82. The van der Waals surface area contributed by atoms with E-state index in [1.807, 2.05) is 5.43 Å². The average Bonchev–Trinajstić information content (AvgIpc) is 2.36. The van der Waals surface area contributed by atoms with Crippen molar-refractivity contribution in [1.82, 2.24) is 9.97 Å². The minimum atomic E-state index is -4.53. The minimum absolute atomic E-state index is 0.116. The van der Waals surface area contributed by atoms with Crippen LogP contribution in [-0.4, -0.2) is 16.5 Å². The maximum Gasteiger partial charge on any atom is 0.433 e. The second-order valence-corrected chi connectivity index (χ2v) is 4.92. The molecule has 0 unspecified atom stereocenters. The molecule has 114 valence electrons. The third-order valence-electron chi connectivity index (χ3n) is 2.66. The Morgan fingerprint density at radius 1 is 1.25 bits per heavy atom. The van der Waals surface area contributed by atoms with Gasteiger partial charge in [-0.25, -0.2) is 10.8 Å². The number of unbranched alkanes of at least 4 members (excludes halogenated alkanes) is 1. The van der Waals surface area contributed by atoms with Gasteiger partial charge in [0.05, 0.1) is 0 Å². The molecule has 0 aliphatic rings. The summed E-state index contributed by atoms with van der Waals surface area (Å²) in [4.78, 5) is 7.12. The highest BCUT2D eigenvalue weighted by atomic mass is 19.4. The number of rotatable bonds is 7. The molecule has 0 radical (unpaired) electrons. The van der Waals surface area contributed by atoms with Crippen molar-refractivity contribution >= 4 is 11.8 Å². The molecule has 1 heterocycles. The van der Waals surface area contributed by atoms with E-state index in [0.29, 0.717) is 12.5 Å². The molecule has 0 saturated carbocycles. The normalized spacial score (nSPS) is 11.8. The van der Waals surface area contributed by atoms with Crippen molar-refractivity contribution in [2.24, 2.45) is 11.8 Å². The van der Waals surface area contributed by atoms with Crippen molar-refractivity contribution in [3.05, 3.63) is 11.8 Å². The Labute approximate surface area is 116 Å². The second-order valence-electron chi connectivity index (χ2n) is 4.92. The zero-order chi connectivity index (χ0) is 15.2. The number of alkyl halides is 3. The first kappa shape index (κ1) is 16.5. The monoisotopic (exact) mass is 291 g/mol. The van der Waals surface area contributed by atoms with Gasteiger partial charge in [-0.1, -0.05) is 26.7 Å². The summed E-state index contributed by atoms with van der Waals surface area (Å²) < 4.78 is 37.9. The van der Waals surface area contributed by atoms with Gasteiger partial charge in [-0.3, -0.25) is 5.43 Å². The molecule has 0 bridgehead atoms. The summed E-state index contributed by atoms with van der Waals surface area (Å²) in [5, 5.41) is 2.86. The number of nitrogens with zero attached hydrogens (tertiary/aromatic N) is 2. The van der Waals surface area contributed by atoms with E-state index in [1.165, 1.54) is 0 Å². The zero-order valence-corrected chi connectivity index (χ0v) is 11.6. The van der Waals surface area contributed by atoms with Gasteiger partial charge in [0.25, 0.3) is 0 Å². The van der Waals surface area contributed by atoms with Crippen molar-refractivity contribution in [2.75, 3.05) is 17.3 Å². The zero-order valence-electron chi connectivity index (χ0n) is 11.6. The molecule has 1 rings (SSSR count). The second kappa shape index (κ2) is 7.28. The first-order valence-electron chi connectivity index (χ1n) is 6.49. The van der Waals surface area contributed by atoms with Crippen LogP contribution in [0.5, 0.6) is 0 Å². The molecule has 0 aromatic carbocycles. The van der Waals surface area contributed by atoms with Crippen LogP contribution in [0.4, 0.5) is 24.9 Å². The Kier molecular flexibility index (Phi) is 6.00. The van der Waals surface area contributed by atoms with Gasteiger partial charge in [-0.05, 0) is 12.3 Å². The molecule has 0 spiro atoms. The minimum Gasteiger partial charge on any atom is -0.370 e. The van der Waals surface area contributed by atoms with Crippen LogP contribution in [0, 0.1) is 5.92 Å². The lowest BCUT2D eigenvalue weighted by Crippen LogP contribution is -2.17. The van der Waals surface area contributed by atoms with Crippen molar-refractivity contribution in [1.29, 1.82) is 0 Å². The topological polar surface area (TPSA) is 75.9 Å². The summed E-state index contributed by atoms with van der Waals surface area (Å²) in [7, 11) is 0. The fourth-order valence-corrected chi connectivity index (χ4v) is 1.64. The van der Waals surface area contributed by atoms with Gasteiger partial charge in [0, 0.05) is 12.6 Å². The number of halogens is 3. The summed E-state index contributed by atoms with van der Waals surface area (Å²) in [6, 6.07) is 0.878. The average molecular weight is 291 g/mol. The van der Waals surface area contributed by atoms with E-state index in [9.17, 15) is 13.2 Å². The number of hydrogen-bond acceptors (Lipinski definition) is 5. The third-order valence-corrected chi connectivity index (χ3v) is 2.66. The summed E-state index contributed by atoms with van der Waals surface area (Å²) in [5.41, 5.74) is 1.01. The number of aromatic nitrogens is 2. The van der Waals surface area contributed by atoms with E-state index in [1.54, 1.807) is 0 Å². The van der Waals surface area contributed by atoms with Gasteiger partial charge < -0.3 is 5.32 Å². The first-order chi connectivity index (χ1) is 9.32. The highest BCUT2D eigenvalue weighted by Crippen LogP contribution is 2.29. The molecule has 4 N–H and O–H groups in total. The Morgan fingerprint density at radius 3 is 2.50 bits per heavy atom. The number of nitrogens with one attached hydrogen (secondary N) is 2. The molecule has 5 nitrogen and oxygen atoms in total. The number of hydrogen-bond donors (Lipinski definition) is 3. The number of hydrazine groups is 1. The molecule has 8 heteroatoms. The quantitative estimate of drug-likeness (QED) is 0.409. The molecule has 1 aromatic heterocycles. The van der Waals surface area contributed by atoms with Crippen LogP contribution < -0.4 is 16.6 Å². The molecule has 0 atom stereocenters. The predicted molar refractivity (Wildman–Crippen MR) is 72.0 cm³/mol. The predicted octanol–water partition coefficient (Wildman–Crippen LogP) is 3.02. The fourth-order valence-electron chi connectivity index (χ4n) is 1.64. The summed E-state index contributed by atoms with van der Waals surface area (Å²) >= 11 is 0. The largest absolute Gasteiger partial charge is 0.433 e.